The molecule has 1 amide bonds. The Morgan fingerprint density at radius 1 is 1.39 bits per heavy atom. The molecule has 1 aromatic carbocycles. The van der Waals surface area contributed by atoms with E-state index >= 15 is 0 Å². The fourth-order valence-electron chi connectivity index (χ4n) is 1.61. The van der Waals surface area contributed by atoms with Crippen LogP contribution in [-0.2, 0) is 11.2 Å². The first kappa shape index (κ1) is 15.1. The highest BCUT2D eigenvalue weighted by atomic mass is 35.5. The van der Waals surface area contributed by atoms with Gasteiger partial charge in [0.05, 0.1) is 18.6 Å². The standard InChI is InChI=1S/C13H17Cl2NO2/c1-3-4-5-16-12(17)7-9-6-10(14)8-11(15)13(9)18-2/h6,8H,3-5,7H2,1-2H3,(H,16,17). The average molecular weight is 290 g/mol. The normalized spacial score (nSPS) is 10.2. The number of halogens is 2. The van der Waals surface area contributed by atoms with Crippen molar-refractivity contribution in [3.8, 4) is 5.75 Å². The molecule has 0 aliphatic rings. The second kappa shape index (κ2) is 7.49. The number of rotatable bonds is 6. The van der Waals surface area contributed by atoms with Crippen LogP contribution in [0.4, 0.5) is 0 Å². The molecule has 1 N–H and O–H groups in total. The fraction of sp³-hybridized carbons (Fsp3) is 0.462. The van der Waals surface area contributed by atoms with Gasteiger partial charge in [0.25, 0.3) is 0 Å². The third-order valence-corrected chi connectivity index (χ3v) is 2.99. The largest absolute Gasteiger partial charge is 0.495 e. The molecule has 0 aliphatic heterocycles. The second-order valence-electron chi connectivity index (χ2n) is 3.96. The lowest BCUT2D eigenvalue weighted by Gasteiger charge is -2.11. The summed E-state index contributed by atoms with van der Waals surface area (Å²) in [7, 11) is 1.52. The number of carbonyl (C=O) groups is 1. The van der Waals surface area contributed by atoms with Crippen LogP contribution < -0.4 is 10.1 Å². The number of amides is 1. The molecule has 0 unspecified atom stereocenters. The van der Waals surface area contributed by atoms with Crippen LogP contribution in [0, 0.1) is 0 Å². The van der Waals surface area contributed by atoms with Gasteiger partial charge in [0.2, 0.25) is 5.91 Å². The number of nitrogens with one attached hydrogen (secondary N) is 1. The van der Waals surface area contributed by atoms with Crippen LogP contribution in [-0.4, -0.2) is 19.6 Å². The number of unbranched alkanes of at least 4 members (excludes halogenated alkanes) is 1. The van der Waals surface area contributed by atoms with Gasteiger partial charge in [0.1, 0.15) is 5.75 Å². The molecule has 18 heavy (non-hydrogen) atoms. The molecule has 0 saturated carbocycles. The van der Waals surface area contributed by atoms with Gasteiger partial charge in [0, 0.05) is 17.1 Å². The van der Waals surface area contributed by atoms with Gasteiger partial charge < -0.3 is 10.1 Å². The zero-order valence-electron chi connectivity index (χ0n) is 10.6. The van der Waals surface area contributed by atoms with Gasteiger partial charge in [-0.2, -0.15) is 0 Å². The Bertz CT molecular complexity index is 422. The first-order valence-electron chi connectivity index (χ1n) is 5.87. The van der Waals surface area contributed by atoms with Crippen LogP contribution in [0.25, 0.3) is 0 Å². The molecular formula is C13H17Cl2NO2. The monoisotopic (exact) mass is 289 g/mol. The average Bonchev–Trinajstić information content (AvgIpc) is 2.28. The molecule has 0 radical (unpaired) electrons. The van der Waals surface area contributed by atoms with Gasteiger partial charge in [0.15, 0.2) is 0 Å². The summed E-state index contributed by atoms with van der Waals surface area (Å²) in [4.78, 5) is 11.7. The van der Waals surface area contributed by atoms with Gasteiger partial charge in [-0.15, -0.1) is 0 Å². The van der Waals surface area contributed by atoms with Crippen molar-refractivity contribution >= 4 is 29.1 Å². The zero-order valence-corrected chi connectivity index (χ0v) is 12.1. The molecule has 0 saturated heterocycles. The number of hydrogen-bond donors (Lipinski definition) is 1. The van der Waals surface area contributed by atoms with Crippen LogP contribution in [0.5, 0.6) is 5.75 Å². The van der Waals surface area contributed by atoms with Gasteiger partial charge in [-0.1, -0.05) is 36.5 Å². The van der Waals surface area contributed by atoms with Crippen molar-refractivity contribution in [2.45, 2.75) is 26.2 Å². The van der Waals surface area contributed by atoms with Crippen molar-refractivity contribution in [1.29, 1.82) is 0 Å². The Morgan fingerprint density at radius 2 is 2.11 bits per heavy atom. The number of benzene rings is 1. The Morgan fingerprint density at radius 3 is 2.72 bits per heavy atom. The highest BCUT2D eigenvalue weighted by Crippen LogP contribution is 2.32. The van der Waals surface area contributed by atoms with Gasteiger partial charge in [-0.3, -0.25) is 4.79 Å². The van der Waals surface area contributed by atoms with Crippen LogP contribution in [0.1, 0.15) is 25.3 Å². The summed E-state index contributed by atoms with van der Waals surface area (Å²) in [5.41, 5.74) is 0.698. The maximum absolute atomic E-state index is 11.7. The van der Waals surface area contributed by atoms with Crippen LogP contribution in [0.15, 0.2) is 12.1 Å². The lowest BCUT2D eigenvalue weighted by Crippen LogP contribution is -2.26. The second-order valence-corrected chi connectivity index (χ2v) is 4.80. The molecule has 1 aromatic rings. The van der Waals surface area contributed by atoms with Crippen LogP contribution in [0.2, 0.25) is 10.0 Å². The molecule has 0 atom stereocenters. The highest BCUT2D eigenvalue weighted by Gasteiger charge is 2.13. The van der Waals surface area contributed by atoms with E-state index in [1.807, 2.05) is 0 Å². The summed E-state index contributed by atoms with van der Waals surface area (Å²) < 4.78 is 5.19. The summed E-state index contributed by atoms with van der Waals surface area (Å²) in [6, 6.07) is 3.30. The molecule has 0 spiro atoms. The Hall–Kier alpha value is -0.930. The van der Waals surface area contributed by atoms with Crippen LogP contribution in [0.3, 0.4) is 0 Å². The summed E-state index contributed by atoms with van der Waals surface area (Å²) in [5, 5.41) is 3.76. The zero-order chi connectivity index (χ0) is 13.5. The highest BCUT2D eigenvalue weighted by molar-refractivity contribution is 6.35. The van der Waals surface area contributed by atoms with E-state index in [9.17, 15) is 4.79 Å². The molecule has 0 heterocycles. The van der Waals surface area contributed by atoms with Gasteiger partial charge >= 0.3 is 0 Å². The molecule has 0 aromatic heterocycles. The topological polar surface area (TPSA) is 38.3 Å². The summed E-state index contributed by atoms with van der Waals surface area (Å²) in [6.07, 6.45) is 2.24. The van der Waals surface area contributed by atoms with E-state index in [0.29, 0.717) is 27.9 Å². The van der Waals surface area contributed by atoms with E-state index in [0.717, 1.165) is 12.8 Å². The predicted octanol–water partition coefficient (Wildman–Crippen LogP) is 3.46. The third kappa shape index (κ3) is 4.39. The quantitative estimate of drug-likeness (QED) is 0.815. The summed E-state index contributed by atoms with van der Waals surface area (Å²) >= 11 is 11.9. The minimum absolute atomic E-state index is 0.0555. The van der Waals surface area contributed by atoms with Crippen molar-refractivity contribution in [2.24, 2.45) is 0 Å². The van der Waals surface area contributed by atoms with Gasteiger partial charge in [-0.05, 0) is 18.6 Å². The van der Waals surface area contributed by atoms with Crippen molar-refractivity contribution in [2.75, 3.05) is 13.7 Å². The first-order chi connectivity index (χ1) is 8.58. The molecule has 0 fully saturated rings. The maximum Gasteiger partial charge on any atom is 0.224 e. The minimum Gasteiger partial charge on any atom is -0.495 e. The first-order valence-corrected chi connectivity index (χ1v) is 6.62. The lowest BCUT2D eigenvalue weighted by molar-refractivity contribution is -0.120. The summed E-state index contributed by atoms with van der Waals surface area (Å²) in [5.74, 6) is 0.451. The van der Waals surface area contributed by atoms with E-state index in [1.165, 1.54) is 7.11 Å². The number of carbonyl (C=O) groups excluding carboxylic acids is 1. The van der Waals surface area contributed by atoms with Crippen LogP contribution >= 0.6 is 23.2 Å². The molecule has 1 rings (SSSR count). The van der Waals surface area contributed by atoms with Crippen molar-refractivity contribution in [3.05, 3.63) is 27.7 Å². The maximum atomic E-state index is 11.7. The molecule has 5 heteroatoms. The molecule has 0 bridgehead atoms. The Balaban J connectivity index is 2.74. The molecule has 100 valence electrons. The third-order valence-electron chi connectivity index (χ3n) is 2.49. The smallest absolute Gasteiger partial charge is 0.224 e. The predicted molar refractivity (Wildman–Crippen MR) is 74.6 cm³/mol. The van der Waals surface area contributed by atoms with E-state index in [-0.39, 0.29) is 12.3 Å². The summed E-state index contributed by atoms with van der Waals surface area (Å²) in [6.45, 7) is 2.76. The van der Waals surface area contributed by atoms with Crippen molar-refractivity contribution in [3.63, 3.8) is 0 Å². The van der Waals surface area contributed by atoms with E-state index in [1.54, 1.807) is 12.1 Å². The molecule has 0 aliphatic carbocycles. The number of ether oxygens (including phenoxy) is 1. The Labute approximate surface area is 117 Å². The fourth-order valence-corrected chi connectivity index (χ4v) is 2.23. The van der Waals surface area contributed by atoms with E-state index in [2.05, 4.69) is 12.2 Å². The van der Waals surface area contributed by atoms with E-state index in [4.69, 9.17) is 27.9 Å². The van der Waals surface area contributed by atoms with Gasteiger partial charge in [-0.25, -0.2) is 0 Å². The number of hydrogen-bond acceptors (Lipinski definition) is 2. The molecule has 3 nitrogen and oxygen atoms in total. The SMILES string of the molecule is CCCCNC(=O)Cc1cc(Cl)cc(Cl)c1OC. The molecular weight excluding hydrogens is 273 g/mol. The van der Waals surface area contributed by atoms with Crippen molar-refractivity contribution < 1.29 is 9.53 Å². The van der Waals surface area contributed by atoms with E-state index < -0.39 is 0 Å². The minimum atomic E-state index is -0.0555. The van der Waals surface area contributed by atoms with Crippen molar-refractivity contribution in [1.82, 2.24) is 5.32 Å². The number of methoxy groups -OCH3 is 1. The lowest BCUT2D eigenvalue weighted by atomic mass is 10.1. The Kier molecular flexibility index (Phi) is 6.30.